The Morgan fingerprint density at radius 1 is 1.07 bits per heavy atom. The van der Waals surface area contributed by atoms with Gasteiger partial charge in [0.15, 0.2) is 6.10 Å². The van der Waals surface area contributed by atoms with Gasteiger partial charge in [-0.1, -0.05) is 25.5 Å². The number of ether oxygens (including phenoxy) is 1. The molecule has 2 rings (SSSR count). The van der Waals surface area contributed by atoms with Crippen molar-refractivity contribution < 1.29 is 19.1 Å². The number of rotatable bonds is 9. The molecule has 0 radical (unpaired) electrons. The molecule has 2 aromatic carbocycles. The molecule has 0 saturated heterocycles. The Labute approximate surface area is 164 Å². The molecule has 2 aromatic rings. The summed E-state index contributed by atoms with van der Waals surface area (Å²) in [6.07, 6.45) is 1.03. The highest BCUT2D eigenvalue weighted by molar-refractivity contribution is 6.00. The van der Waals surface area contributed by atoms with E-state index in [9.17, 15) is 14.4 Å². The van der Waals surface area contributed by atoms with Gasteiger partial charge < -0.3 is 21.1 Å². The van der Waals surface area contributed by atoms with Crippen LogP contribution in [0, 0.1) is 0 Å². The molecule has 0 saturated carbocycles. The second-order valence-corrected chi connectivity index (χ2v) is 6.30. The molecule has 0 aliphatic heterocycles. The van der Waals surface area contributed by atoms with Gasteiger partial charge in [0.25, 0.3) is 5.91 Å². The molecule has 7 nitrogen and oxygen atoms in total. The minimum atomic E-state index is -0.994. The molecule has 28 heavy (non-hydrogen) atoms. The van der Waals surface area contributed by atoms with Crippen LogP contribution in [0.1, 0.15) is 47.4 Å². The molecular formula is C21H25N3O4. The number of hydrogen-bond acceptors (Lipinski definition) is 5. The van der Waals surface area contributed by atoms with Crippen LogP contribution in [-0.2, 0) is 9.53 Å². The quantitative estimate of drug-likeness (QED) is 0.455. The third kappa shape index (κ3) is 5.84. The van der Waals surface area contributed by atoms with Gasteiger partial charge in [0.1, 0.15) is 0 Å². The predicted molar refractivity (Wildman–Crippen MR) is 108 cm³/mol. The highest BCUT2D eigenvalue weighted by atomic mass is 16.5. The van der Waals surface area contributed by atoms with E-state index in [0.717, 1.165) is 19.4 Å². The summed E-state index contributed by atoms with van der Waals surface area (Å²) in [7, 11) is 0. The van der Waals surface area contributed by atoms with Gasteiger partial charge in [0.2, 0.25) is 5.91 Å². The van der Waals surface area contributed by atoms with Gasteiger partial charge in [-0.25, -0.2) is 4.79 Å². The summed E-state index contributed by atoms with van der Waals surface area (Å²) in [5.41, 5.74) is 7.05. The standard InChI is InChI=1S/C21H25N3O4/c1-3-4-13-23-18-8-6-5-7-17(18)21(27)28-14(2)20(26)24-16-11-9-15(10-12-16)19(22)25/h5-12,14,23H,3-4,13H2,1-2H3,(H2,22,25)(H,24,26). The SMILES string of the molecule is CCCCNc1ccccc1C(=O)OC(C)C(=O)Nc1ccc(C(N)=O)cc1. The van der Waals surface area contributed by atoms with Crippen molar-refractivity contribution in [2.24, 2.45) is 5.73 Å². The Balaban J connectivity index is 1.98. The number of carbonyl (C=O) groups is 3. The van der Waals surface area contributed by atoms with Crippen molar-refractivity contribution in [3.63, 3.8) is 0 Å². The number of anilines is 2. The first-order chi connectivity index (χ1) is 13.4. The maximum absolute atomic E-state index is 12.5. The zero-order chi connectivity index (χ0) is 20.5. The first-order valence-electron chi connectivity index (χ1n) is 9.17. The molecule has 0 spiro atoms. The number of nitrogens with two attached hydrogens (primary N) is 1. The highest BCUT2D eigenvalue weighted by Gasteiger charge is 2.21. The van der Waals surface area contributed by atoms with Crippen LogP contribution in [0.3, 0.4) is 0 Å². The average molecular weight is 383 g/mol. The lowest BCUT2D eigenvalue weighted by Gasteiger charge is -2.16. The molecule has 0 aromatic heterocycles. The fraction of sp³-hybridized carbons (Fsp3) is 0.286. The molecule has 1 unspecified atom stereocenters. The number of primary amides is 1. The predicted octanol–water partition coefficient (Wildman–Crippen LogP) is 3.18. The third-order valence-electron chi connectivity index (χ3n) is 4.08. The van der Waals surface area contributed by atoms with E-state index in [1.54, 1.807) is 30.3 Å². The van der Waals surface area contributed by atoms with Crippen molar-refractivity contribution in [3.05, 3.63) is 59.7 Å². The second-order valence-electron chi connectivity index (χ2n) is 6.30. The van der Waals surface area contributed by atoms with Crippen LogP contribution in [0.15, 0.2) is 48.5 Å². The molecule has 0 bridgehead atoms. The topological polar surface area (TPSA) is 111 Å². The summed E-state index contributed by atoms with van der Waals surface area (Å²) in [4.78, 5) is 35.9. The van der Waals surface area contributed by atoms with Crippen LogP contribution in [0.25, 0.3) is 0 Å². The number of hydrogen-bond donors (Lipinski definition) is 3. The number of unbranched alkanes of at least 4 members (excludes halogenated alkanes) is 1. The molecule has 0 aliphatic rings. The lowest BCUT2D eigenvalue weighted by molar-refractivity contribution is -0.123. The third-order valence-corrected chi connectivity index (χ3v) is 4.08. The van der Waals surface area contributed by atoms with Crippen LogP contribution >= 0.6 is 0 Å². The van der Waals surface area contributed by atoms with Crippen LogP contribution in [0.2, 0.25) is 0 Å². The smallest absolute Gasteiger partial charge is 0.341 e. The van der Waals surface area contributed by atoms with E-state index in [1.165, 1.54) is 19.1 Å². The van der Waals surface area contributed by atoms with Crippen molar-refractivity contribution in [1.29, 1.82) is 0 Å². The molecule has 1 atom stereocenters. The van der Waals surface area contributed by atoms with Crippen molar-refractivity contribution in [2.45, 2.75) is 32.8 Å². The minimum Gasteiger partial charge on any atom is -0.449 e. The van der Waals surface area contributed by atoms with Crippen molar-refractivity contribution in [3.8, 4) is 0 Å². The normalized spacial score (nSPS) is 11.4. The van der Waals surface area contributed by atoms with E-state index in [2.05, 4.69) is 17.6 Å². The lowest BCUT2D eigenvalue weighted by atomic mass is 10.1. The first-order valence-corrected chi connectivity index (χ1v) is 9.17. The number of benzene rings is 2. The van der Waals surface area contributed by atoms with E-state index < -0.39 is 23.9 Å². The minimum absolute atomic E-state index is 0.338. The largest absolute Gasteiger partial charge is 0.449 e. The molecule has 2 amide bonds. The molecule has 148 valence electrons. The zero-order valence-electron chi connectivity index (χ0n) is 16.0. The van der Waals surface area contributed by atoms with E-state index in [-0.39, 0.29) is 0 Å². The highest BCUT2D eigenvalue weighted by Crippen LogP contribution is 2.18. The summed E-state index contributed by atoms with van der Waals surface area (Å²) in [5, 5.41) is 5.85. The number of carbonyl (C=O) groups excluding carboxylic acids is 3. The van der Waals surface area contributed by atoms with Crippen molar-refractivity contribution in [2.75, 3.05) is 17.2 Å². The van der Waals surface area contributed by atoms with Crippen LogP contribution in [0.4, 0.5) is 11.4 Å². The molecule has 0 aliphatic carbocycles. The van der Waals surface area contributed by atoms with Crippen molar-refractivity contribution >= 4 is 29.2 Å². The van der Waals surface area contributed by atoms with Crippen LogP contribution in [0.5, 0.6) is 0 Å². The first kappa shape index (κ1) is 21.0. The average Bonchev–Trinajstić information content (AvgIpc) is 2.68. The van der Waals surface area contributed by atoms with Gasteiger partial charge in [-0.05, 0) is 49.7 Å². The molecule has 0 heterocycles. The molecule has 0 fully saturated rings. The second kappa shape index (κ2) is 10.1. The summed E-state index contributed by atoms with van der Waals surface area (Å²) < 4.78 is 5.31. The van der Waals surface area contributed by atoms with Gasteiger partial charge in [-0.3, -0.25) is 9.59 Å². The van der Waals surface area contributed by atoms with Crippen molar-refractivity contribution in [1.82, 2.24) is 0 Å². The zero-order valence-corrected chi connectivity index (χ0v) is 16.0. The number of nitrogens with one attached hydrogen (secondary N) is 2. The van der Waals surface area contributed by atoms with Gasteiger partial charge in [-0.15, -0.1) is 0 Å². The fourth-order valence-electron chi connectivity index (χ4n) is 2.45. The van der Waals surface area contributed by atoms with Gasteiger partial charge in [0, 0.05) is 23.5 Å². The number of para-hydroxylation sites is 1. The molecule has 7 heteroatoms. The summed E-state index contributed by atoms with van der Waals surface area (Å²) in [5.74, 6) is -1.60. The Morgan fingerprint density at radius 3 is 2.39 bits per heavy atom. The Kier molecular flexibility index (Phi) is 7.56. The Hall–Kier alpha value is -3.35. The summed E-state index contributed by atoms with van der Waals surface area (Å²) >= 11 is 0. The number of amides is 2. The van der Waals surface area contributed by atoms with Crippen LogP contribution < -0.4 is 16.4 Å². The van der Waals surface area contributed by atoms with Gasteiger partial charge >= 0.3 is 5.97 Å². The van der Waals surface area contributed by atoms with E-state index >= 15 is 0 Å². The number of esters is 1. The van der Waals surface area contributed by atoms with Gasteiger partial charge in [-0.2, -0.15) is 0 Å². The fourth-order valence-corrected chi connectivity index (χ4v) is 2.45. The summed E-state index contributed by atoms with van der Waals surface area (Å²) in [6.45, 7) is 4.33. The monoisotopic (exact) mass is 383 g/mol. The van der Waals surface area contributed by atoms with Crippen LogP contribution in [-0.4, -0.2) is 30.4 Å². The van der Waals surface area contributed by atoms with E-state index in [4.69, 9.17) is 10.5 Å². The molecular weight excluding hydrogens is 358 g/mol. The molecule has 4 N–H and O–H groups in total. The Bertz CT molecular complexity index is 834. The maximum atomic E-state index is 12.5. The lowest BCUT2D eigenvalue weighted by Crippen LogP contribution is -2.30. The van der Waals surface area contributed by atoms with Gasteiger partial charge in [0.05, 0.1) is 5.56 Å². The van der Waals surface area contributed by atoms with E-state index in [0.29, 0.717) is 22.5 Å². The maximum Gasteiger partial charge on any atom is 0.341 e. The summed E-state index contributed by atoms with van der Waals surface area (Å²) in [6, 6.07) is 13.2. The Morgan fingerprint density at radius 2 is 1.75 bits per heavy atom. The van der Waals surface area contributed by atoms with E-state index in [1.807, 2.05) is 6.07 Å².